The Bertz CT molecular complexity index is 962. The van der Waals surface area contributed by atoms with Crippen LogP contribution in [-0.4, -0.2) is 49.6 Å². The fourth-order valence-electron chi connectivity index (χ4n) is 5.62. The smallest absolute Gasteiger partial charge is 0.307 e. The highest BCUT2D eigenvalue weighted by Crippen LogP contribution is 2.42. The topological polar surface area (TPSA) is 58.6 Å². The minimum Gasteiger partial charge on any atom is -0.469 e. The molecule has 1 amide bonds. The molecule has 1 saturated heterocycles. The molecule has 0 radical (unpaired) electrons. The van der Waals surface area contributed by atoms with Gasteiger partial charge in [0.05, 0.1) is 18.9 Å². The number of hydrogen-bond donors (Lipinski definition) is 1. The zero-order valence-electron chi connectivity index (χ0n) is 20.6. The first-order valence-electron chi connectivity index (χ1n) is 12.8. The third kappa shape index (κ3) is 5.52. The number of nitrogens with zero attached hydrogens (tertiary/aromatic N) is 1. The molecule has 1 aliphatic carbocycles. The standard InChI is InChI=1S/C29H38N2O3/c1-22-6-5-20-31(22)21-16-23-7-9-24(10-8-23)25-11-13-26(14-12-25)29(17-3-4-18-29)28(33)30-19-15-27(32)34-2/h7-14,22H,3-6,15-21H2,1-2H3,(H,30,33). The Hall–Kier alpha value is -2.66. The summed E-state index contributed by atoms with van der Waals surface area (Å²) in [6, 6.07) is 18.1. The third-order valence-electron chi connectivity index (χ3n) is 7.84. The molecule has 1 unspecified atom stereocenters. The molecular formula is C29H38N2O3. The fourth-order valence-corrected chi connectivity index (χ4v) is 5.62. The summed E-state index contributed by atoms with van der Waals surface area (Å²) >= 11 is 0. The van der Waals surface area contributed by atoms with Crippen LogP contribution in [0.15, 0.2) is 48.5 Å². The molecule has 0 spiro atoms. The van der Waals surface area contributed by atoms with Crippen molar-refractivity contribution in [2.75, 3.05) is 26.7 Å². The zero-order valence-corrected chi connectivity index (χ0v) is 20.6. The lowest BCUT2D eigenvalue weighted by Crippen LogP contribution is -2.43. The van der Waals surface area contributed by atoms with Crippen molar-refractivity contribution in [3.63, 3.8) is 0 Å². The van der Waals surface area contributed by atoms with Crippen molar-refractivity contribution >= 4 is 11.9 Å². The van der Waals surface area contributed by atoms with Crippen LogP contribution in [0, 0.1) is 0 Å². The Kier molecular flexibility index (Phi) is 8.04. The molecule has 1 aliphatic heterocycles. The molecule has 0 bridgehead atoms. The molecular weight excluding hydrogens is 424 g/mol. The van der Waals surface area contributed by atoms with E-state index in [9.17, 15) is 9.59 Å². The monoisotopic (exact) mass is 462 g/mol. The predicted octanol–water partition coefficient (Wildman–Crippen LogP) is 4.87. The first kappa shape index (κ1) is 24.5. The molecule has 182 valence electrons. The number of nitrogens with one attached hydrogen (secondary N) is 1. The van der Waals surface area contributed by atoms with Crippen LogP contribution in [0.2, 0.25) is 0 Å². The second kappa shape index (κ2) is 11.2. The Morgan fingerprint density at radius 1 is 1.00 bits per heavy atom. The van der Waals surface area contributed by atoms with Crippen LogP contribution in [0.25, 0.3) is 11.1 Å². The van der Waals surface area contributed by atoms with Gasteiger partial charge < -0.3 is 15.0 Å². The molecule has 2 aromatic carbocycles. The number of amides is 1. The zero-order chi connectivity index (χ0) is 24.0. The minimum atomic E-state index is -0.495. The molecule has 0 aromatic heterocycles. The van der Waals surface area contributed by atoms with Gasteiger partial charge in [0.15, 0.2) is 0 Å². The molecule has 2 aromatic rings. The number of esters is 1. The van der Waals surface area contributed by atoms with Gasteiger partial charge in [0, 0.05) is 19.1 Å². The second-order valence-electron chi connectivity index (χ2n) is 9.92. The molecule has 1 atom stereocenters. The maximum Gasteiger partial charge on any atom is 0.307 e. The molecule has 5 heteroatoms. The van der Waals surface area contributed by atoms with E-state index >= 15 is 0 Å². The summed E-state index contributed by atoms with van der Waals surface area (Å²) in [5.74, 6) is -0.278. The van der Waals surface area contributed by atoms with Crippen molar-refractivity contribution in [1.82, 2.24) is 10.2 Å². The van der Waals surface area contributed by atoms with Gasteiger partial charge in [-0.05, 0) is 67.8 Å². The number of carbonyl (C=O) groups is 2. The Labute approximate surface area is 203 Å². The maximum absolute atomic E-state index is 13.1. The number of ether oxygens (including phenoxy) is 1. The quantitative estimate of drug-likeness (QED) is 0.540. The van der Waals surface area contributed by atoms with Crippen molar-refractivity contribution in [3.8, 4) is 11.1 Å². The lowest BCUT2D eigenvalue weighted by Gasteiger charge is -2.28. The van der Waals surface area contributed by atoms with Gasteiger partial charge in [-0.3, -0.25) is 9.59 Å². The van der Waals surface area contributed by atoms with Crippen LogP contribution in [0.3, 0.4) is 0 Å². The van der Waals surface area contributed by atoms with E-state index in [1.54, 1.807) is 0 Å². The molecule has 1 N–H and O–H groups in total. The van der Waals surface area contributed by atoms with Gasteiger partial charge in [-0.15, -0.1) is 0 Å². The summed E-state index contributed by atoms with van der Waals surface area (Å²) in [7, 11) is 1.37. The lowest BCUT2D eigenvalue weighted by atomic mass is 9.77. The first-order chi connectivity index (χ1) is 16.5. The van der Waals surface area contributed by atoms with Gasteiger partial charge in [0.1, 0.15) is 0 Å². The van der Waals surface area contributed by atoms with Gasteiger partial charge in [-0.1, -0.05) is 61.4 Å². The van der Waals surface area contributed by atoms with Crippen LogP contribution >= 0.6 is 0 Å². The van der Waals surface area contributed by atoms with Crippen molar-refractivity contribution in [3.05, 3.63) is 59.7 Å². The van der Waals surface area contributed by atoms with Gasteiger partial charge in [0.2, 0.25) is 5.91 Å². The fraction of sp³-hybridized carbons (Fsp3) is 0.517. The number of carbonyl (C=O) groups excluding carboxylic acids is 2. The highest BCUT2D eigenvalue weighted by atomic mass is 16.5. The third-order valence-corrected chi connectivity index (χ3v) is 7.84. The van der Waals surface area contributed by atoms with Crippen molar-refractivity contribution in [2.24, 2.45) is 0 Å². The largest absolute Gasteiger partial charge is 0.469 e. The normalized spacial score (nSPS) is 19.8. The van der Waals surface area contributed by atoms with Gasteiger partial charge >= 0.3 is 5.97 Å². The van der Waals surface area contributed by atoms with E-state index in [1.807, 2.05) is 0 Å². The van der Waals surface area contributed by atoms with Crippen molar-refractivity contribution in [1.29, 1.82) is 0 Å². The average molecular weight is 463 g/mol. The maximum atomic E-state index is 13.1. The molecule has 5 nitrogen and oxygen atoms in total. The minimum absolute atomic E-state index is 0.0262. The van der Waals surface area contributed by atoms with Crippen LogP contribution in [0.5, 0.6) is 0 Å². The van der Waals surface area contributed by atoms with E-state index in [-0.39, 0.29) is 18.3 Å². The van der Waals surface area contributed by atoms with Gasteiger partial charge in [-0.2, -0.15) is 0 Å². The SMILES string of the molecule is COC(=O)CCNC(=O)C1(c2ccc(-c3ccc(CCN4CCCC4C)cc3)cc2)CCCC1. The molecule has 1 saturated carbocycles. The summed E-state index contributed by atoms with van der Waals surface area (Å²) in [5, 5.41) is 2.97. The highest BCUT2D eigenvalue weighted by Gasteiger charge is 2.42. The summed E-state index contributed by atoms with van der Waals surface area (Å²) in [6.07, 6.45) is 7.73. The number of methoxy groups -OCH3 is 1. The summed E-state index contributed by atoms with van der Waals surface area (Å²) in [4.78, 5) is 27.1. The van der Waals surface area contributed by atoms with Crippen LogP contribution in [0.1, 0.15) is 63.0 Å². The van der Waals surface area contributed by atoms with Gasteiger partial charge in [-0.25, -0.2) is 0 Å². The number of rotatable bonds is 9. The van der Waals surface area contributed by atoms with Gasteiger partial charge in [0.25, 0.3) is 0 Å². The second-order valence-corrected chi connectivity index (χ2v) is 9.92. The Balaban J connectivity index is 1.40. The predicted molar refractivity (Wildman–Crippen MR) is 136 cm³/mol. The van der Waals surface area contributed by atoms with E-state index in [0.717, 1.165) is 50.3 Å². The molecule has 34 heavy (non-hydrogen) atoms. The summed E-state index contributed by atoms with van der Waals surface area (Å²) in [5.41, 5.74) is 4.33. The van der Waals surface area contributed by atoms with Crippen LogP contribution in [0.4, 0.5) is 0 Å². The summed E-state index contributed by atoms with van der Waals surface area (Å²) in [6.45, 7) is 5.02. The van der Waals surface area contributed by atoms with E-state index in [0.29, 0.717) is 6.54 Å². The number of likely N-dealkylation sites (tertiary alicyclic amines) is 1. The Morgan fingerprint density at radius 2 is 1.65 bits per heavy atom. The van der Waals surface area contributed by atoms with Crippen molar-refractivity contribution < 1.29 is 14.3 Å². The summed E-state index contributed by atoms with van der Waals surface area (Å²) < 4.78 is 4.68. The lowest BCUT2D eigenvalue weighted by molar-refractivity contribution is -0.140. The molecule has 2 aliphatic rings. The highest BCUT2D eigenvalue weighted by molar-refractivity contribution is 5.89. The van der Waals surface area contributed by atoms with Crippen LogP contribution in [-0.2, 0) is 26.2 Å². The first-order valence-corrected chi connectivity index (χ1v) is 12.8. The van der Waals surface area contributed by atoms with Crippen molar-refractivity contribution in [2.45, 2.75) is 69.7 Å². The number of hydrogen-bond acceptors (Lipinski definition) is 4. The van der Waals surface area contributed by atoms with Crippen LogP contribution < -0.4 is 5.32 Å². The molecule has 2 fully saturated rings. The molecule has 1 heterocycles. The van der Waals surface area contributed by atoms with E-state index in [1.165, 1.54) is 43.2 Å². The molecule has 4 rings (SSSR count). The van der Waals surface area contributed by atoms with E-state index < -0.39 is 5.41 Å². The van der Waals surface area contributed by atoms with E-state index in [2.05, 4.69) is 70.4 Å². The van der Waals surface area contributed by atoms with E-state index in [4.69, 9.17) is 0 Å². The Morgan fingerprint density at radius 3 is 2.24 bits per heavy atom. The average Bonchev–Trinajstić information content (AvgIpc) is 3.53. The number of benzene rings is 2.